The molecule has 0 atom stereocenters. The van der Waals surface area contributed by atoms with Crippen LogP contribution in [0, 0.1) is 0 Å². The van der Waals surface area contributed by atoms with E-state index in [0.29, 0.717) is 16.6 Å². The topological polar surface area (TPSA) is 58.6 Å². The van der Waals surface area contributed by atoms with Crippen molar-refractivity contribution < 1.29 is 14.3 Å². The summed E-state index contributed by atoms with van der Waals surface area (Å²) in [7, 11) is 1.37. The standard InChI is InChI=1S/C19H22N2O3S2/c1-12(2)21-9-8-14-15(11-21)26-18(17(14)19(23)24-3)20-16(22)7-6-13-5-4-10-25-13/h4-7,10,12H,8-9,11H2,1-3H3,(H,20,22). The van der Waals surface area contributed by atoms with Crippen molar-refractivity contribution in [1.82, 2.24) is 4.90 Å². The molecule has 0 saturated carbocycles. The van der Waals surface area contributed by atoms with Gasteiger partial charge in [0.25, 0.3) is 0 Å². The van der Waals surface area contributed by atoms with Gasteiger partial charge in [0.2, 0.25) is 5.91 Å². The van der Waals surface area contributed by atoms with Crippen LogP contribution in [-0.2, 0) is 22.5 Å². The lowest BCUT2D eigenvalue weighted by atomic mass is 10.0. The number of amides is 1. The molecule has 2 aromatic rings. The molecular weight excluding hydrogens is 368 g/mol. The number of nitrogens with zero attached hydrogens (tertiary/aromatic N) is 1. The first-order valence-corrected chi connectivity index (χ1v) is 10.2. The molecule has 0 spiro atoms. The Bertz CT molecular complexity index is 822. The zero-order valence-electron chi connectivity index (χ0n) is 15.1. The van der Waals surface area contributed by atoms with E-state index in [2.05, 4.69) is 24.1 Å². The SMILES string of the molecule is COC(=O)c1c(NC(=O)C=Cc2cccs2)sc2c1CCN(C(C)C)C2. The Morgan fingerprint density at radius 1 is 1.38 bits per heavy atom. The summed E-state index contributed by atoms with van der Waals surface area (Å²) in [4.78, 5) is 29.1. The van der Waals surface area contributed by atoms with Crippen LogP contribution in [0.5, 0.6) is 0 Å². The van der Waals surface area contributed by atoms with Gasteiger partial charge in [-0.3, -0.25) is 9.69 Å². The normalized spacial score (nSPS) is 14.6. The van der Waals surface area contributed by atoms with Gasteiger partial charge < -0.3 is 10.1 Å². The number of carbonyl (C=O) groups excluding carboxylic acids is 2. The van der Waals surface area contributed by atoms with Crippen molar-refractivity contribution in [3.05, 3.63) is 44.5 Å². The van der Waals surface area contributed by atoms with Gasteiger partial charge in [-0.25, -0.2) is 4.79 Å². The van der Waals surface area contributed by atoms with Crippen molar-refractivity contribution >= 4 is 45.6 Å². The maximum Gasteiger partial charge on any atom is 0.341 e. The van der Waals surface area contributed by atoms with Crippen LogP contribution in [0.25, 0.3) is 6.08 Å². The molecule has 0 bridgehead atoms. The number of fused-ring (bicyclic) bond motifs is 1. The van der Waals surface area contributed by atoms with Crippen molar-refractivity contribution in [3.63, 3.8) is 0 Å². The lowest BCUT2D eigenvalue weighted by molar-refractivity contribution is -0.111. The van der Waals surface area contributed by atoms with Crippen molar-refractivity contribution in [1.29, 1.82) is 0 Å². The summed E-state index contributed by atoms with van der Waals surface area (Å²) in [5, 5.41) is 5.40. The molecule has 0 aromatic carbocycles. The maximum absolute atomic E-state index is 12.3. The number of hydrogen-bond acceptors (Lipinski definition) is 6. The molecular formula is C19H22N2O3S2. The van der Waals surface area contributed by atoms with E-state index in [0.717, 1.165) is 34.8 Å². The summed E-state index contributed by atoms with van der Waals surface area (Å²) < 4.78 is 4.96. The van der Waals surface area contributed by atoms with E-state index in [1.54, 1.807) is 17.4 Å². The van der Waals surface area contributed by atoms with Crippen LogP contribution < -0.4 is 5.32 Å². The minimum atomic E-state index is -0.391. The number of nitrogens with one attached hydrogen (secondary N) is 1. The van der Waals surface area contributed by atoms with Gasteiger partial charge in [-0.1, -0.05) is 6.07 Å². The second kappa shape index (κ2) is 8.16. The van der Waals surface area contributed by atoms with E-state index < -0.39 is 5.97 Å². The lowest BCUT2D eigenvalue weighted by Crippen LogP contribution is -2.35. The molecule has 1 aliphatic heterocycles. The Hall–Kier alpha value is -1.96. The van der Waals surface area contributed by atoms with E-state index in [1.807, 2.05) is 17.5 Å². The van der Waals surface area contributed by atoms with Crippen LogP contribution in [0.3, 0.4) is 0 Å². The van der Waals surface area contributed by atoms with E-state index in [1.165, 1.54) is 24.5 Å². The molecule has 0 aliphatic carbocycles. The van der Waals surface area contributed by atoms with Crippen molar-refractivity contribution in [3.8, 4) is 0 Å². The molecule has 138 valence electrons. The van der Waals surface area contributed by atoms with Crippen molar-refractivity contribution in [2.24, 2.45) is 0 Å². The molecule has 7 heteroatoms. The monoisotopic (exact) mass is 390 g/mol. The summed E-state index contributed by atoms with van der Waals surface area (Å²) in [6.45, 7) is 6.02. The maximum atomic E-state index is 12.3. The molecule has 1 N–H and O–H groups in total. The highest BCUT2D eigenvalue weighted by atomic mass is 32.1. The van der Waals surface area contributed by atoms with Crippen LogP contribution in [0.15, 0.2) is 23.6 Å². The van der Waals surface area contributed by atoms with Crippen LogP contribution in [0.2, 0.25) is 0 Å². The first kappa shape index (κ1) is 18.8. The molecule has 0 unspecified atom stereocenters. The predicted octanol–water partition coefficient (Wildman–Crippen LogP) is 4.01. The fraction of sp³-hybridized carbons (Fsp3) is 0.368. The smallest absolute Gasteiger partial charge is 0.341 e. The third-order valence-corrected chi connectivity index (χ3v) is 6.35. The summed E-state index contributed by atoms with van der Waals surface area (Å²) in [6.07, 6.45) is 4.05. The summed E-state index contributed by atoms with van der Waals surface area (Å²) in [6, 6.07) is 4.32. The summed E-state index contributed by atoms with van der Waals surface area (Å²) >= 11 is 3.04. The van der Waals surface area contributed by atoms with Gasteiger partial charge in [-0.05, 0) is 43.4 Å². The molecule has 0 fully saturated rings. The number of esters is 1. The van der Waals surface area contributed by atoms with Crippen LogP contribution in [0.1, 0.15) is 39.5 Å². The van der Waals surface area contributed by atoms with Gasteiger partial charge >= 0.3 is 5.97 Å². The minimum absolute atomic E-state index is 0.247. The number of hydrogen-bond donors (Lipinski definition) is 1. The van der Waals surface area contributed by atoms with Crippen LogP contribution in [0.4, 0.5) is 5.00 Å². The first-order chi connectivity index (χ1) is 12.5. The predicted molar refractivity (Wildman–Crippen MR) is 107 cm³/mol. The fourth-order valence-electron chi connectivity index (χ4n) is 2.97. The molecule has 26 heavy (non-hydrogen) atoms. The Labute approximate surface area is 161 Å². The van der Waals surface area contributed by atoms with Crippen LogP contribution in [-0.4, -0.2) is 36.5 Å². The van der Waals surface area contributed by atoms with E-state index >= 15 is 0 Å². The first-order valence-electron chi connectivity index (χ1n) is 8.49. The summed E-state index contributed by atoms with van der Waals surface area (Å²) in [5.74, 6) is -0.638. The third-order valence-electron chi connectivity index (χ3n) is 4.39. The molecule has 3 rings (SSSR count). The largest absolute Gasteiger partial charge is 0.465 e. The third kappa shape index (κ3) is 4.06. The Morgan fingerprint density at radius 2 is 2.19 bits per heavy atom. The zero-order chi connectivity index (χ0) is 18.7. The highest BCUT2D eigenvalue weighted by molar-refractivity contribution is 7.17. The van der Waals surface area contributed by atoms with E-state index in [9.17, 15) is 9.59 Å². The quantitative estimate of drug-likeness (QED) is 0.619. The second-order valence-electron chi connectivity index (χ2n) is 6.35. The van der Waals surface area contributed by atoms with Gasteiger partial charge in [0.1, 0.15) is 5.00 Å². The molecule has 1 amide bonds. The number of carbonyl (C=O) groups is 2. The summed E-state index contributed by atoms with van der Waals surface area (Å²) in [5.41, 5.74) is 1.52. The fourth-order valence-corrected chi connectivity index (χ4v) is 4.85. The molecule has 0 saturated heterocycles. The number of thiophene rings is 2. The Kier molecular flexibility index (Phi) is 5.90. The number of rotatable bonds is 5. The van der Waals surface area contributed by atoms with Gasteiger partial charge in [-0.15, -0.1) is 22.7 Å². The zero-order valence-corrected chi connectivity index (χ0v) is 16.7. The minimum Gasteiger partial charge on any atom is -0.465 e. The van der Waals surface area contributed by atoms with Gasteiger partial charge in [0.15, 0.2) is 0 Å². The van der Waals surface area contributed by atoms with Gasteiger partial charge in [0.05, 0.1) is 12.7 Å². The van der Waals surface area contributed by atoms with Gasteiger partial charge in [0, 0.05) is 35.0 Å². The highest BCUT2D eigenvalue weighted by Gasteiger charge is 2.29. The average Bonchev–Trinajstić information content (AvgIpc) is 3.25. The molecule has 3 heterocycles. The molecule has 1 aliphatic rings. The average molecular weight is 391 g/mol. The molecule has 5 nitrogen and oxygen atoms in total. The van der Waals surface area contributed by atoms with Crippen LogP contribution >= 0.6 is 22.7 Å². The Balaban J connectivity index is 1.84. The van der Waals surface area contributed by atoms with E-state index in [-0.39, 0.29) is 5.91 Å². The van der Waals surface area contributed by atoms with E-state index in [4.69, 9.17) is 4.74 Å². The van der Waals surface area contributed by atoms with Crippen molar-refractivity contribution in [2.45, 2.75) is 32.9 Å². The number of ether oxygens (including phenoxy) is 1. The highest BCUT2D eigenvalue weighted by Crippen LogP contribution is 2.38. The molecule has 0 radical (unpaired) electrons. The number of methoxy groups -OCH3 is 1. The second-order valence-corrected chi connectivity index (χ2v) is 8.44. The van der Waals surface area contributed by atoms with Crippen molar-refractivity contribution in [2.75, 3.05) is 19.0 Å². The van der Waals surface area contributed by atoms with Gasteiger partial charge in [-0.2, -0.15) is 0 Å². The molecule has 2 aromatic heterocycles. The number of anilines is 1. The lowest BCUT2D eigenvalue weighted by Gasteiger charge is -2.30. The Morgan fingerprint density at radius 3 is 2.85 bits per heavy atom.